The van der Waals surface area contributed by atoms with Crippen LogP contribution in [0.5, 0.6) is 0 Å². The van der Waals surface area contributed by atoms with Crippen LogP contribution in [0.25, 0.3) is 6.08 Å². The average Bonchev–Trinajstić information content (AvgIpc) is 2.91. The van der Waals surface area contributed by atoms with E-state index < -0.39 is 57.8 Å². The van der Waals surface area contributed by atoms with Crippen molar-refractivity contribution in [3.05, 3.63) is 59.2 Å². The number of halogens is 6. The summed E-state index contributed by atoms with van der Waals surface area (Å²) < 4.78 is 85.2. The van der Waals surface area contributed by atoms with Gasteiger partial charge in [-0.25, -0.2) is 0 Å². The number of likely N-dealkylation sites (tertiary alicyclic amines) is 1. The first-order valence-electron chi connectivity index (χ1n) is 13.0. The van der Waals surface area contributed by atoms with Crippen molar-refractivity contribution in [1.29, 1.82) is 0 Å². The molecular weight excluding hydrogens is 574 g/mol. The Morgan fingerprint density at radius 2 is 1.51 bits per heavy atom. The normalized spacial score (nSPS) is 17.8. The number of carbonyl (C=O) groups is 2. The predicted octanol–water partition coefficient (Wildman–Crippen LogP) is 6.17. The van der Waals surface area contributed by atoms with E-state index in [0.717, 1.165) is 24.3 Å². The summed E-state index contributed by atoms with van der Waals surface area (Å²) in [5, 5.41) is 18.8. The van der Waals surface area contributed by atoms with Crippen LogP contribution in [0.4, 0.5) is 32.0 Å². The number of amides is 1. The molecule has 6 nitrogen and oxygen atoms in total. The maximum atomic E-state index is 14.2. The summed E-state index contributed by atoms with van der Waals surface area (Å²) in [6.45, 7) is 1.23. The van der Waals surface area contributed by atoms with Crippen molar-refractivity contribution in [2.45, 2.75) is 53.9 Å². The zero-order valence-electron chi connectivity index (χ0n) is 21.7. The SMILES string of the molecule is O=C(O)C1CCN(c2cccc(Sc3ccc(C=CC(=O)N4CCC(O)CC4)c(C(F)(F)F)c3C(F)(F)F)c2)CC1. The third kappa shape index (κ3) is 7.56. The molecule has 0 bridgehead atoms. The third-order valence-electron chi connectivity index (χ3n) is 7.20. The summed E-state index contributed by atoms with van der Waals surface area (Å²) in [6.07, 6.45) is -8.31. The molecule has 2 aliphatic heterocycles. The van der Waals surface area contributed by atoms with Crippen LogP contribution in [0.2, 0.25) is 0 Å². The lowest BCUT2D eigenvalue weighted by Crippen LogP contribution is -2.39. The van der Waals surface area contributed by atoms with Crippen molar-refractivity contribution in [2.75, 3.05) is 31.1 Å². The highest BCUT2D eigenvalue weighted by atomic mass is 32.2. The molecule has 4 rings (SSSR count). The summed E-state index contributed by atoms with van der Waals surface area (Å²) in [5.41, 5.74) is -3.86. The molecule has 41 heavy (non-hydrogen) atoms. The van der Waals surface area contributed by atoms with Gasteiger partial charge in [-0.1, -0.05) is 23.9 Å². The van der Waals surface area contributed by atoms with Gasteiger partial charge in [0.15, 0.2) is 0 Å². The Labute approximate surface area is 236 Å². The first kappa shape index (κ1) is 30.8. The fraction of sp³-hybridized carbons (Fsp3) is 0.429. The number of hydrogen-bond donors (Lipinski definition) is 2. The summed E-state index contributed by atoms with van der Waals surface area (Å²) in [4.78, 5) is 26.5. The lowest BCUT2D eigenvalue weighted by atomic mass is 9.97. The molecule has 0 aromatic heterocycles. The first-order chi connectivity index (χ1) is 19.2. The molecule has 0 unspecified atom stereocenters. The molecule has 0 saturated carbocycles. The molecule has 0 atom stereocenters. The Morgan fingerprint density at radius 3 is 2.10 bits per heavy atom. The number of alkyl halides is 6. The van der Waals surface area contributed by atoms with Crippen molar-refractivity contribution in [2.24, 2.45) is 5.92 Å². The van der Waals surface area contributed by atoms with E-state index in [4.69, 9.17) is 0 Å². The van der Waals surface area contributed by atoms with Gasteiger partial charge in [0.25, 0.3) is 0 Å². The third-order valence-corrected chi connectivity index (χ3v) is 8.25. The molecule has 2 N–H and O–H groups in total. The van der Waals surface area contributed by atoms with Crippen LogP contribution in [0.1, 0.15) is 42.4 Å². The van der Waals surface area contributed by atoms with Gasteiger partial charge in [-0.05, 0) is 61.6 Å². The fourth-order valence-electron chi connectivity index (χ4n) is 5.02. The second-order valence-corrected chi connectivity index (χ2v) is 11.1. The second kappa shape index (κ2) is 12.4. The number of piperidine rings is 2. The van der Waals surface area contributed by atoms with E-state index in [0.29, 0.717) is 56.2 Å². The highest BCUT2D eigenvalue weighted by molar-refractivity contribution is 7.99. The van der Waals surface area contributed by atoms with E-state index in [9.17, 15) is 46.1 Å². The molecule has 0 aliphatic carbocycles. The minimum Gasteiger partial charge on any atom is -0.481 e. The van der Waals surface area contributed by atoms with E-state index in [1.54, 1.807) is 18.2 Å². The summed E-state index contributed by atoms with van der Waals surface area (Å²) >= 11 is 0.547. The van der Waals surface area contributed by atoms with Gasteiger partial charge in [0.1, 0.15) is 0 Å². The largest absolute Gasteiger partial charge is 0.481 e. The van der Waals surface area contributed by atoms with E-state index in [1.165, 1.54) is 11.0 Å². The monoisotopic (exact) mass is 602 g/mol. The number of carboxylic acid groups (broad SMARTS) is 1. The van der Waals surface area contributed by atoms with Crippen LogP contribution in [-0.2, 0) is 21.9 Å². The fourth-order valence-corrected chi connectivity index (χ4v) is 6.05. The van der Waals surface area contributed by atoms with E-state index in [2.05, 4.69) is 0 Å². The van der Waals surface area contributed by atoms with Gasteiger partial charge >= 0.3 is 18.3 Å². The number of nitrogens with zero attached hydrogens (tertiary/aromatic N) is 2. The minimum atomic E-state index is -5.37. The number of rotatable bonds is 6. The molecule has 2 aromatic rings. The molecule has 2 aliphatic rings. The molecule has 222 valence electrons. The van der Waals surface area contributed by atoms with Crippen LogP contribution in [0, 0.1) is 5.92 Å². The predicted molar refractivity (Wildman–Crippen MR) is 140 cm³/mol. The summed E-state index contributed by atoms with van der Waals surface area (Å²) in [7, 11) is 0. The molecule has 2 saturated heterocycles. The molecular formula is C28H28F6N2O4S. The van der Waals surface area contributed by atoms with Crippen LogP contribution in [0.15, 0.2) is 52.3 Å². The van der Waals surface area contributed by atoms with Crippen molar-refractivity contribution < 1.29 is 46.1 Å². The maximum absolute atomic E-state index is 14.2. The minimum absolute atomic E-state index is 0.191. The van der Waals surface area contributed by atoms with E-state index >= 15 is 0 Å². The number of aliphatic hydroxyl groups excluding tert-OH is 1. The first-order valence-corrected chi connectivity index (χ1v) is 13.8. The number of aliphatic hydroxyl groups is 1. The molecule has 0 spiro atoms. The van der Waals surface area contributed by atoms with Crippen molar-refractivity contribution in [3.63, 3.8) is 0 Å². The van der Waals surface area contributed by atoms with Crippen LogP contribution in [0.3, 0.4) is 0 Å². The molecule has 2 fully saturated rings. The summed E-state index contributed by atoms with van der Waals surface area (Å²) in [6, 6.07) is 8.25. The number of hydrogen-bond acceptors (Lipinski definition) is 5. The van der Waals surface area contributed by atoms with Crippen molar-refractivity contribution in [3.8, 4) is 0 Å². The number of carboxylic acids is 1. The average molecular weight is 603 g/mol. The smallest absolute Gasteiger partial charge is 0.418 e. The Bertz CT molecular complexity index is 1300. The summed E-state index contributed by atoms with van der Waals surface area (Å²) in [5.74, 6) is -2.01. The van der Waals surface area contributed by atoms with Crippen LogP contribution in [-0.4, -0.2) is 59.3 Å². The molecule has 13 heteroatoms. The lowest BCUT2D eigenvalue weighted by molar-refractivity contribution is -0.163. The number of aliphatic carboxylic acids is 1. The van der Waals surface area contributed by atoms with Crippen LogP contribution < -0.4 is 4.90 Å². The second-order valence-electron chi connectivity index (χ2n) is 9.99. The van der Waals surface area contributed by atoms with Gasteiger partial charge in [-0.15, -0.1) is 0 Å². The van der Waals surface area contributed by atoms with Gasteiger partial charge in [0.05, 0.1) is 23.1 Å². The topological polar surface area (TPSA) is 81.1 Å². The number of benzene rings is 2. The van der Waals surface area contributed by atoms with Gasteiger partial charge in [0.2, 0.25) is 5.91 Å². The maximum Gasteiger partial charge on any atom is 0.418 e. The van der Waals surface area contributed by atoms with Gasteiger partial charge < -0.3 is 20.0 Å². The molecule has 1 amide bonds. The molecule has 0 radical (unpaired) electrons. The highest BCUT2D eigenvalue weighted by Gasteiger charge is 2.46. The van der Waals surface area contributed by atoms with Gasteiger partial charge in [0, 0.05) is 47.7 Å². The Hall–Kier alpha value is -3.19. The van der Waals surface area contributed by atoms with Gasteiger partial charge in [-0.2, -0.15) is 26.3 Å². The quantitative estimate of drug-likeness (QED) is 0.304. The lowest BCUT2D eigenvalue weighted by Gasteiger charge is -2.32. The van der Waals surface area contributed by atoms with Crippen LogP contribution >= 0.6 is 11.8 Å². The van der Waals surface area contributed by atoms with E-state index in [1.807, 2.05) is 4.90 Å². The Kier molecular flexibility index (Phi) is 9.27. The molecule has 2 aromatic carbocycles. The highest BCUT2D eigenvalue weighted by Crippen LogP contribution is 2.48. The van der Waals surface area contributed by atoms with E-state index in [-0.39, 0.29) is 18.0 Å². The van der Waals surface area contributed by atoms with Gasteiger partial charge in [-0.3, -0.25) is 9.59 Å². The number of anilines is 1. The standard InChI is InChI=1S/C28H28F6N2O4S/c29-27(30,31)24-17(5-7-23(38)36-14-10-20(37)11-15-36)4-6-22(25(24)28(32,33)34)41-21-3-1-2-19(16-21)35-12-8-18(9-13-35)26(39)40/h1-7,16,18,20,37H,8-15H2,(H,39,40). The molecule has 2 heterocycles. The zero-order valence-corrected chi connectivity index (χ0v) is 22.5. The Morgan fingerprint density at radius 1 is 0.878 bits per heavy atom. The number of carbonyl (C=O) groups excluding carboxylic acids is 1. The van der Waals surface area contributed by atoms with Crippen molar-refractivity contribution in [1.82, 2.24) is 4.90 Å². The van der Waals surface area contributed by atoms with Crippen molar-refractivity contribution >= 4 is 35.4 Å². The zero-order chi connectivity index (χ0) is 29.9. The Balaban J connectivity index is 1.64.